The molecule has 2 rings (SSSR count). The predicted octanol–water partition coefficient (Wildman–Crippen LogP) is 2.11. The number of anilines is 1. The number of hydrogen-bond donors (Lipinski definition) is 2. The topological polar surface area (TPSA) is 45.0 Å². The molecular formula is C13H17N3. The lowest BCUT2D eigenvalue weighted by molar-refractivity contribution is 0.920. The van der Waals surface area contributed by atoms with Gasteiger partial charge in [0.05, 0.1) is 0 Å². The van der Waals surface area contributed by atoms with Crippen LogP contribution in [-0.4, -0.2) is 12.0 Å². The molecule has 0 aliphatic heterocycles. The summed E-state index contributed by atoms with van der Waals surface area (Å²) in [6.07, 6.45) is 3.96. The maximum Gasteiger partial charge on any atom is 0.0441 e. The molecule has 0 spiro atoms. The molecule has 0 atom stereocenters. The van der Waals surface area contributed by atoms with Crippen molar-refractivity contribution in [3.63, 3.8) is 0 Å². The molecule has 0 fully saturated rings. The molecule has 0 unspecified atom stereocenters. The molecular weight excluding hydrogens is 198 g/mol. The predicted molar refractivity (Wildman–Crippen MR) is 67.2 cm³/mol. The van der Waals surface area contributed by atoms with Crippen molar-refractivity contribution in [2.24, 2.45) is 5.73 Å². The summed E-state index contributed by atoms with van der Waals surface area (Å²) < 4.78 is 0. The van der Waals surface area contributed by atoms with Crippen LogP contribution in [0.1, 0.15) is 11.1 Å². The molecule has 1 aromatic carbocycles. The maximum absolute atomic E-state index is 5.63. The average Bonchev–Trinajstić information content (AvgIpc) is 2.82. The van der Waals surface area contributed by atoms with Crippen molar-refractivity contribution in [3.8, 4) is 0 Å². The Hall–Kier alpha value is -1.74. The first-order valence-corrected chi connectivity index (χ1v) is 5.41. The van der Waals surface area contributed by atoms with Crippen LogP contribution < -0.4 is 10.6 Å². The monoisotopic (exact) mass is 215 g/mol. The van der Waals surface area contributed by atoms with E-state index in [0.717, 1.165) is 6.54 Å². The number of rotatable bonds is 4. The van der Waals surface area contributed by atoms with Gasteiger partial charge in [-0.25, -0.2) is 0 Å². The highest BCUT2D eigenvalue weighted by atomic mass is 15.1. The number of H-pyrrole nitrogens is 1. The molecule has 1 aromatic heterocycles. The lowest BCUT2D eigenvalue weighted by Gasteiger charge is -2.19. The standard InChI is InChI=1S/C13H17N3/c1-16(10-12-5-6-15-9-12)13-4-2-3-11(7-13)8-14/h2-7,9,15H,8,10,14H2,1H3. The quantitative estimate of drug-likeness (QED) is 0.820. The molecule has 3 nitrogen and oxygen atoms in total. The van der Waals surface area contributed by atoms with Crippen molar-refractivity contribution in [1.82, 2.24) is 4.98 Å². The van der Waals surface area contributed by atoms with Gasteiger partial charge in [-0.2, -0.15) is 0 Å². The van der Waals surface area contributed by atoms with Gasteiger partial charge < -0.3 is 15.6 Å². The molecule has 0 aliphatic rings. The highest BCUT2D eigenvalue weighted by Crippen LogP contribution is 2.16. The molecule has 3 heteroatoms. The van der Waals surface area contributed by atoms with Crippen molar-refractivity contribution < 1.29 is 0 Å². The van der Waals surface area contributed by atoms with Gasteiger partial charge in [-0.1, -0.05) is 12.1 Å². The normalized spacial score (nSPS) is 10.4. The van der Waals surface area contributed by atoms with Crippen molar-refractivity contribution in [2.75, 3.05) is 11.9 Å². The number of nitrogens with one attached hydrogen (secondary N) is 1. The summed E-state index contributed by atoms with van der Waals surface area (Å²) in [6, 6.07) is 10.4. The van der Waals surface area contributed by atoms with Crippen molar-refractivity contribution in [1.29, 1.82) is 0 Å². The van der Waals surface area contributed by atoms with E-state index < -0.39 is 0 Å². The molecule has 84 valence electrons. The van der Waals surface area contributed by atoms with Gasteiger partial charge in [-0.05, 0) is 29.3 Å². The lowest BCUT2D eigenvalue weighted by Crippen LogP contribution is -2.16. The van der Waals surface area contributed by atoms with Gasteiger partial charge >= 0.3 is 0 Å². The maximum atomic E-state index is 5.63. The first-order chi connectivity index (χ1) is 7.79. The Morgan fingerprint density at radius 1 is 1.25 bits per heavy atom. The number of nitrogens with zero attached hydrogens (tertiary/aromatic N) is 1. The minimum atomic E-state index is 0.589. The van der Waals surface area contributed by atoms with E-state index in [1.54, 1.807) is 0 Å². The largest absolute Gasteiger partial charge is 0.370 e. The Balaban J connectivity index is 2.11. The first kappa shape index (κ1) is 10.8. The van der Waals surface area contributed by atoms with Crippen LogP contribution in [0.2, 0.25) is 0 Å². The smallest absolute Gasteiger partial charge is 0.0441 e. The Bertz CT molecular complexity index is 434. The number of hydrogen-bond acceptors (Lipinski definition) is 2. The average molecular weight is 215 g/mol. The summed E-state index contributed by atoms with van der Waals surface area (Å²) in [5.41, 5.74) is 9.27. The molecule has 16 heavy (non-hydrogen) atoms. The van der Waals surface area contributed by atoms with Crippen molar-refractivity contribution >= 4 is 5.69 Å². The minimum absolute atomic E-state index is 0.589. The van der Waals surface area contributed by atoms with E-state index in [9.17, 15) is 0 Å². The van der Waals surface area contributed by atoms with Crippen LogP contribution in [-0.2, 0) is 13.1 Å². The summed E-state index contributed by atoms with van der Waals surface area (Å²) in [4.78, 5) is 5.27. The fraction of sp³-hybridized carbons (Fsp3) is 0.231. The highest BCUT2D eigenvalue weighted by Gasteiger charge is 2.02. The van der Waals surface area contributed by atoms with Crippen LogP contribution in [0.15, 0.2) is 42.7 Å². The van der Waals surface area contributed by atoms with Crippen LogP contribution in [0.25, 0.3) is 0 Å². The zero-order valence-electron chi connectivity index (χ0n) is 9.48. The van der Waals surface area contributed by atoms with Gasteiger partial charge in [0.15, 0.2) is 0 Å². The second-order valence-corrected chi connectivity index (χ2v) is 3.95. The Labute approximate surface area is 95.9 Å². The van der Waals surface area contributed by atoms with Gasteiger partial charge in [0, 0.05) is 38.2 Å². The van der Waals surface area contributed by atoms with Gasteiger partial charge in [-0.3, -0.25) is 0 Å². The molecule has 2 aromatic rings. The van der Waals surface area contributed by atoms with Gasteiger partial charge in [-0.15, -0.1) is 0 Å². The van der Waals surface area contributed by atoms with Crippen LogP contribution in [0.3, 0.4) is 0 Å². The minimum Gasteiger partial charge on any atom is -0.370 e. The van der Waals surface area contributed by atoms with E-state index >= 15 is 0 Å². The molecule has 0 saturated heterocycles. The summed E-state index contributed by atoms with van der Waals surface area (Å²) in [5.74, 6) is 0. The summed E-state index contributed by atoms with van der Waals surface area (Å²) in [7, 11) is 2.09. The number of nitrogens with two attached hydrogens (primary N) is 1. The van der Waals surface area contributed by atoms with E-state index in [4.69, 9.17) is 5.73 Å². The van der Waals surface area contributed by atoms with E-state index in [-0.39, 0.29) is 0 Å². The molecule has 1 heterocycles. The fourth-order valence-electron chi connectivity index (χ4n) is 1.74. The Morgan fingerprint density at radius 3 is 2.81 bits per heavy atom. The molecule has 0 amide bonds. The molecule has 0 aliphatic carbocycles. The van der Waals surface area contributed by atoms with Crippen molar-refractivity contribution in [3.05, 3.63) is 53.9 Å². The summed E-state index contributed by atoms with van der Waals surface area (Å²) in [5, 5.41) is 0. The number of benzene rings is 1. The summed E-state index contributed by atoms with van der Waals surface area (Å²) >= 11 is 0. The highest BCUT2D eigenvalue weighted by molar-refractivity contribution is 5.48. The van der Waals surface area contributed by atoms with Crippen molar-refractivity contribution in [2.45, 2.75) is 13.1 Å². The lowest BCUT2D eigenvalue weighted by atomic mass is 10.2. The van der Waals surface area contributed by atoms with Crippen LogP contribution in [0.5, 0.6) is 0 Å². The molecule has 0 saturated carbocycles. The van der Waals surface area contributed by atoms with Gasteiger partial charge in [0.25, 0.3) is 0 Å². The van der Waals surface area contributed by atoms with Crippen LogP contribution in [0, 0.1) is 0 Å². The van der Waals surface area contributed by atoms with E-state index in [1.807, 2.05) is 24.5 Å². The Morgan fingerprint density at radius 2 is 2.12 bits per heavy atom. The molecule has 0 bridgehead atoms. The second kappa shape index (κ2) is 4.86. The van der Waals surface area contributed by atoms with E-state index in [1.165, 1.54) is 16.8 Å². The third-order valence-electron chi connectivity index (χ3n) is 2.67. The third-order valence-corrected chi connectivity index (χ3v) is 2.67. The fourth-order valence-corrected chi connectivity index (χ4v) is 1.74. The van der Waals surface area contributed by atoms with E-state index in [0.29, 0.717) is 6.54 Å². The van der Waals surface area contributed by atoms with Crippen LogP contribution >= 0.6 is 0 Å². The van der Waals surface area contributed by atoms with Gasteiger partial charge in [0.2, 0.25) is 0 Å². The zero-order chi connectivity index (χ0) is 11.4. The zero-order valence-corrected chi connectivity index (χ0v) is 9.48. The molecule has 0 radical (unpaired) electrons. The Kier molecular flexibility index (Phi) is 3.27. The SMILES string of the molecule is CN(Cc1cc[nH]c1)c1cccc(CN)c1. The van der Waals surface area contributed by atoms with Gasteiger partial charge in [0.1, 0.15) is 0 Å². The number of aromatic amines is 1. The second-order valence-electron chi connectivity index (χ2n) is 3.95. The third kappa shape index (κ3) is 2.44. The summed E-state index contributed by atoms with van der Waals surface area (Å²) in [6.45, 7) is 1.49. The first-order valence-electron chi connectivity index (χ1n) is 5.41. The van der Waals surface area contributed by atoms with E-state index in [2.05, 4.69) is 35.1 Å². The van der Waals surface area contributed by atoms with Crippen LogP contribution in [0.4, 0.5) is 5.69 Å². The number of aromatic nitrogens is 1. The molecule has 3 N–H and O–H groups in total.